The molecule has 0 radical (unpaired) electrons. The van der Waals surface area contributed by atoms with Crippen molar-refractivity contribution in [3.63, 3.8) is 0 Å². The van der Waals surface area contributed by atoms with Crippen molar-refractivity contribution in [2.45, 2.75) is 31.5 Å². The Labute approximate surface area is 211 Å². The molecule has 2 aromatic carbocycles. The fraction of sp³-hybridized carbons (Fsp3) is 0.375. The predicted octanol–water partition coefficient (Wildman–Crippen LogP) is 2.24. The standard InChI is InChI=1S/C24H30N4O5S2/c1-33-24(31)20(12-13-34-2)26-23(30)18-9-8-17(14-19(18)16-6-4-3-5-7-16)28-35(32)15-25-21-10-11-22(29)27-21/h3-9,14,20-21,25,28H,10-13,15H2,1-2H3,(H,26,30)(H,27,29)/t20-,21+,35?/m0/s1. The molecule has 3 atom stereocenters. The van der Waals surface area contributed by atoms with E-state index in [1.165, 1.54) is 7.11 Å². The summed E-state index contributed by atoms with van der Waals surface area (Å²) in [5, 5.41) is 8.62. The quantitative estimate of drug-likeness (QED) is 0.318. The van der Waals surface area contributed by atoms with E-state index in [1.54, 1.807) is 30.0 Å². The van der Waals surface area contributed by atoms with Crippen LogP contribution in [-0.4, -0.2) is 59.2 Å². The Morgan fingerprint density at radius 1 is 1.23 bits per heavy atom. The van der Waals surface area contributed by atoms with E-state index in [9.17, 15) is 18.6 Å². The van der Waals surface area contributed by atoms with Crippen LogP contribution in [0.3, 0.4) is 0 Å². The van der Waals surface area contributed by atoms with Gasteiger partial charge in [0.05, 0.1) is 19.2 Å². The van der Waals surface area contributed by atoms with E-state index in [-0.39, 0.29) is 17.9 Å². The zero-order chi connectivity index (χ0) is 25.2. The largest absolute Gasteiger partial charge is 0.467 e. The molecule has 188 valence electrons. The van der Waals surface area contributed by atoms with Crippen molar-refractivity contribution in [2.24, 2.45) is 0 Å². The number of benzene rings is 2. The molecule has 0 aliphatic carbocycles. The van der Waals surface area contributed by atoms with Crippen molar-refractivity contribution < 1.29 is 23.3 Å². The summed E-state index contributed by atoms with van der Waals surface area (Å²) in [4.78, 5) is 36.7. The van der Waals surface area contributed by atoms with Crippen LogP contribution in [0, 0.1) is 0 Å². The van der Waals surface area contributed by atoms with Gasteiger partial charge in [-0.2, -0.15) is 11.8 Å². The Bertz CT molecular complexity index is 1070. The van der Waals surface area contributed by atoms with E-state index >= 15 is 0 Å². The molecule has 9 nitrogen and oxygen atoms in total. The smallest absolute Gasteiger partial charge is 0.328 e. The minimum absolute atomic E-state index is 0.0227. The molecular formula is C24H30N4O5S2. The Morgan fingerprint density at radius 3 is 2.66 bits per heavy atom. The Kier molecular flexibility index (Phi) is 10.1. The van der Waals surface area contributed by atoms with E-state index in [0.29, 0.717) is 41.8 Å². The molecule has 35 heavy (non-hydrogen) atoms. The van der Waals surface area contributed by atoms with Gasteiger partial charge >= 0.3 is 5.97 Å². The summed E-state index contributed by atoms with van der Waals surface area (Å²) in [5.41, 5.74) is 2.40. The summed E-state index contributed by atoms with van der Waals surface area (Å²) in [5.74, 6) is -0.0754. The van der Waals surface area contributed by atoms with E-state index in [0.717, 1.165) is 5.56 Å². The molecule has 0 spiro atoms. The van der Waals surface area contributed by atoms with E-state index in [4.69, 9.17) is 4.74 Å². The molecule has 1 unspecified atom stereocenters. The maximum Gasteiger partial charge on any atom is 0.328 e. The minimum Gasteiger partial charge on any atom is -0.467 e. The number of esters is 1. The lowest BCUT2D eigenvalue weighted by atomic mass is 9.98. The topological polar surface area (TPSA) is 126 Å². The second-order valence-electron chi connectivity index (χ2n) is 7.91. The molecule has 2 aromatic rings. The number of amides is 2. The van der Waals surface area contributed by atoms with Crippen molar-refractivity contribution in [3.8, 4) is 11.1 Å². The van der Waals surface area contributed by atoms with Crippen LogP contribution < -0.4 is 20.7 Å². The molecular weight excluding hydrogens is 488 g/mol. The zero-order valence-corrected chi connectivity index (χ0v) is 21.3. The summed E-state index contributed by atoms with van der Waals surface area (Å²) < 4.78 is 20.4. The lowest BCUT2D eigenvalue weighted by molar-refractivity contribution is -0.142. The Morgan fingerprint density at radius 2 is 2.00 bits per heavy atom. The molecule has 3 rings (SSSR count). The van der Waals surface area contributed by atoms with Crippen LogP contribution in [0.15, 0.2) is 48.5 Å². The highest BCUT2D eigenvalue weighted by Gasteiger charge is 2.24. The Balaban J connectivity index is 1.77. The molecule has 0 aromatic heterocycles. The van der Waals surface area contributed by atoms with Gasteiger partial charge < -0.3 is 20.1 Å². The SMILES string of the molecule is COC(=O)[C@H](CCSC)NC(=O)c1ccc(NS(=O)CN[C@H]2CCC(=O)N2)cc1-c1ccccc1. The van der Waals surface area contributed by atoms with Crippen LogP contribution in [0.4, 0.5) is 5.69 Å². The third kappa shape index (κ3) is 7.81. The monoisotopic (exact) mass is 518 g/mol. The highest BCUT2D eigenvalue weighted by Crippen LogP contribution is 2.27. The number of carbonyl (C=O) groups excluding carboxylic acids is 3. The Hall–Kier alpha value is -2.89. The fourth-order valence-electron chi connectivity index (χ4n) is 3.64. The van der Waals surface area contributed by atoms with Gasteiger partial charge in [0, 0.05) is 17.7 Å². The summed E-state index contributed by atoms with van der Waals surface area (Å²) in [6.07, 6.45) is 3.30. The molecule has 1 saturated heterocycles. The molecule has 4 N–H and O–H groups in total. The average Bonchev–Trinajstić information content (AvgIpc) is 3.30. The van der Waals surface area contributed by atoms with E-state index < -0.39 is 28.9 Å². The lowest BCUT2D eigenvalue weighted by Crippen LogP contribution is -2.42. The van der Waals surface area contributed by atoms with Crippen molar-refractivity contribution in [3.05, 3.63) is 54.1 Å². The second-order valence-corrected chi connectivity index (χ2v) is 10.1. The molecule has 0 saturated carbocycles. The second kappa shape index (κ2) is 13.3. The van der Waals surface area contributed by atoms with Gasteiger partial charge in [-0.15, -0.1) is 0 Å². The van der Waals surface area contributed by atoms with Gasteiger partial charge in [0.2, 0.25) is 5.91 Å². The van der Waals surface area contributed by atoms with Crippen LogP contribution in [-0.2, 0) is 25.3 Å². The van der Waals surface area contributed by atoms with Gasteiger partial charge in [-0.3, -0.25) is 14.9 Å². The summed E-state index contributed by atoms with van der Waals surface area (Å²) in [6.45, 7) is 0. The van der Waals surface area contributed by atoms with Gasteiger partial charge in [-0.1, -0.05) is 30.3 Å². The lowest BCUT2D eigenvalue weighted by Gasteiger charge is -2.18. The number of hydrogen-bond donors (Lipinski definition) is 4. The van der Waals surface area contributed by atoms with Crippen molar-refractivity contribution >= 4 is 46.2 Å². The first-order valence-electron chi connectivity index (χ1n) is 11.2. The average molecular weight is 519 g/mol. The van der Waals surface area contributed by atoms with Crippen LogP contribution >= 0.6 is 11.8 Å². The number of methoxy groups -OCH3 is 1. The molecule has 1 aliphatic heterocycles. The molecule has 0 bridgehead atoms. The van der Waals surface area contributed by atoms with Crippen molar-refractivity contribution in [1.29, 1.82) is 0 Å². The van der Waals surface area contributed by atoms with Gasteiger partial charge in [0.25, 0.3) is 5.91 Å². The van der Waals surface area contributed by atoms with Gasteiger partial charge in [-0.05, 0) is 54.2 Å². The number of carbonyl (C=O) groups is 3. The number of ether oxygens (including phenoxy) is 1. The first-order valence-corrected chi connectivity index (χ1v) is 13.9. The predicted molar refractivity (Wildman–Crippen MR) is 139 cm³/mol. The van der Waals surface area contributed by atoms with E-state index in [2.05, 4.69) is 20.7 Å². The maximum absolute atomic E-state index is 13.2. The van der Waals surface area contributed by atoms with Crippen molar-refractivity contribution in [2.75, 3.05) is 29.7 Å². The molecule has 11 heteroatoms. The summed E-state index contributed by atoms with van der Waals surface area (Å²) >= 11 is 1.58. The van der Waals surface area contributed by atoms with Gasteiger partial charge in [0.15, 0.2) is 0 Å². The number of anilines is 1. The number of rotatable bonds is 12. The zero-order valence-electron chi connectivity index (χ0n) is 19.7. The van der Waals surface area contributed by atoms with E-state index in [1.807, 2.05) is 36.6 Å². The number of hydrogen-bond acceptors (Lipinski definition) is 7. The molecule has 1 fully saturated rings. The van der Waals surface area contributed by atoms with Crippen molar-refractivity contribution in [1.82, 2.24) is 16.0 Å². The van der Waals surface area contributed by atoms with Crippen LogP contribution in [0.1, 0.15) is 29.6 Å². The maximum atomic E-state index is 13.2. The van der Waals surface area contributed by atoms with Gasteiger partial charge in [0.1, 0.15) is 17.0 Å². The fourth-order valence-corrected chi connectivity index (χ4v) is 4.92. The number of nitrogens with one attached hydrogen (secondary N) is 4. The third-order valence-corrected chi connectivity index (χ3v) is 6.97. The minimum atomic E-state index is -1.46. The third-order valence-electron chi connectivity index (χ3n) is 5.44. The number of thioether (sulfide) groups is 1. The highest BCUT2D eigenvalue weighted by atomic mass is 32.2. The molecule has 1 aliphatic rings. The first-order chi connectivity index (χ1) is 16.9. The van der Waals surface area contributed by atoms with Crippen LogP contribution in [0.2, 0.25) is 0 Å². The molecule has 1 heterocycles. The van der Waals surface area contributed by atoms with Gasteiger partial charge in [-0.25, -0.2) is 9.00 Å². The van der Waals surface area contributed by atoms with Crippen LogP contribution in [0.25, 0.3) is 11.1 Å². The van der Waals surface area contributed by atoms with Crippen LogP contribution in [0.5, 0.6) is 0 Å². The summed E-state index contributed by atoms with van der Waals surface area (Å²) in [7, 11) is -0.159. The normalized spacial score (nSPS) is 16.7. The first kappa shape index (κ1) is 26.7. The summed E-state index contributed by atoms with van der Waals surface area (Å²) in [6, 6.07) is 13.7. The molecule has 2 amide bonds. The highest BCUT2D eigenvalue weighted by molar-refractivity contribution is 7.98.